The Bertz CT molecular complexity index is 574. The number of piperazine rings is 1. The van der Waals surface area contributed by atoms with Gasteiger partial charge in [0, 0.05) is 25.7 Å². The minimum Gasteiger partial charge on any atom is -0.494 e. The molecule has 0 spiro atoms. The van der Waals surface area contributed by atoms with Crippen molar-refractivity contribution in [2.24, 2.45) is 0 Å². The van der Waals surface area contributed by atoms with Gasteiger partial charge in [0.15, 0.2) is 5.75 Å². The number of carbonyl (C=O) groups excluding carboxylic acids is 1. The van der Waals surface area contributed by atoms with Crippen LogP contribution in [-0.4, -0.2) is 54.4 Å². The van der Waals surface area contributed by atoms with E-state index in [1.54, 1.807) is 12.0 Å². The molecule has 2 rings (SSSR count). The van der Waals surface area contributed by atoms with Crippen LogP contribution >= 0.6 is 15.9 Å². The molecule has 0 N–H and O–H groups in total. The highest BCUT2D eigenvalue weighted by Crippen LogP contribution is 2.27. The van der Waals surface area contributed by atoms with Crippen LogP contribution in [0.4, 0.5) is 10.6 Å². The molecular formula is C16H24BrN3O3. The molecule has 1 atom stereocenters. The van der Waals surface area contributed by atoms with Crippen LogP contribution in [0.2, 0.25) is 0 Å². The molecule has 128 valence electrons. The van der Waals surface area contributed by atoms with E-state index in [-0.39, 0.29) is 12.1 Å². The van der Waals surface area contributed by atoms with Gasteiger partial charge in [-0.1, -0.05) is 0 Å². The second-order valence-electron chi connectivity index (χ2n) is 6.63. The normalized spacial score (nSPS) is 18.8. The highest BCUT2D eigenvalue weighted by Gasteiger charge is 2.30. The molecule has 0 bridgehead atoms. The van der Waals surface area contributed by atoms with E-state index in [0.717, 1.165) is 5.82 Å². The summed E-state index contributed by atoms with van der Waals surface area (Å²) in [5.41, 5.74) is -0.472. The zero-order valence-electron chi connectivity index (χ0n) is 14.3. The Morgan fingerprint density at radius 3 is 2.57 bits per heavy atom. The second kappa shape index (κ2) is 6.95. The summed E-state index contributed by atoms with van der Waals surface area (Å²) in [6, 6.07) is 3.98. The lowest BCUT2D eigenvalue weighted by Gasteiger charge is -2.40. The number of anilines is 1. The molecule has 1 amide bonds. The fraction of sp³-hybridized carbons (Fsp3) is 0.625. The van der Waals surface area contributed by atoms with E-state index >= 15 is 0 Å². The average Bonchev–Trinajstić information content (AvgIpc) is 2.45. The van der Waals surface area contributed by atoms with Crippen molar-refractivity contribution in [3.05, 3.63) is 16.7 Å². The standard InChI is InChI=1S/C16H24BrN3O3/c1-11-10-19(15(21)23-16(2,3)4)8-9-20(11)13-7-6-12(22-5)14(17)18-13/h6-7,11H,8-10H2,1-5H3. The maximum atomic E-state index is 12.2. The van der Waals surface area contributed by atoms with E-state index < -0.39 is 5.60 Å². The molecule has 1 aromatic heterocycles. The van der Waals surface area contributed by atoms with Crippen LogP contribution in [0.15, 0.2) is 16.7 Å². The van der Waals surface area contributed by atoms with E-state index in [1.165, 1.54) is 0 Å². The van der Waals surface area contributed by atoms with Crippen molar-refractivity contribution in [3.63, 3.8) is 0 Å². The zero-order chi connectivity index (χ0) is 17.2. The van der Waals surface area contributed by atoms with Crippen LogP contribution in [0, 0.1) is 0 Å². The molecule has 2 heterocycles. The molecule has 7 heteroatoms. The highest BCUT2D eigenvalue weighted by atomic mass is 79.9. The summed E-state index contributed by atoms with van der Waals surface area (Å²) in [5.74, 6) is 1.57. The number of halogens is 1. The van der Waals surface area contributed by atoms with Gasteiger partial charge in [0.25, 0.3) is 0 Å². The Balaban J connectivity index is 2.04. The van der Waals surface area contributed by atoms with Gasteiger partial charge >= 0.3 is 6.09 Å². The zero-order valence-corrected chi connectivity index (χ0v) is 15.9. The number of pyridine rings is 1. The van der Waals surface area contributed by atoms with Crippen LogP contribution in [-0.2, 0) is 4.74 Å². The third-order valence-electron chi connectivity index (χ3n) is 3.59. The molecule has 1 aliphatic rings. The number of amides is 1. The first-order valence-electron chi connectivity index (χ1n) is 7.66. The first kappa shape index (κ1) is 17.8. The van der Waals surface area contributed by atoms with Gasteiger partial charge in [0.2, 0.25) is 0 Å². The molecule has 0 aliphatic carbocycles. The first-order valence-corrected chi connectivity index (χ1v) is 8.45. The number of rotatable bonds is 2. The molecule has 6 nitrogen and oxygen atoms in total. The van der Waals surface area contributed by atoms with Gasteiger partial charge in [0.05, 0.1) is 7.11 Å². The number of aromatic nitrogens is 1. The number of methoxy groups -OCH3 is 1. The minimum atomic E-state index is -0.472. The van der Waals surface area contributed by atoms with Gasteiger partial charge in [-0.15, -0.1) is 0 Å². The van der Waals surface area contributed by atoms with E-state index in [9.17, 15) is 4.79 Å². The fourth-order valence-electron chi connectivity index (χ4n) is 2.51. The van der Waals surface area contributed by atoms with Gasteiger partial charge in [0.1, 0.15) is 16.0 Å². The molecule has 23 heavy (non-hydrogen) atoms. The van der Waals surface area contributed by atoms with Crippen molar-refractivity contribution >= 4 is 27.8 Å². The summed E-state index contributed by atoms with van der Waals surface area (Å²) >= 11 is 3.41. The largest absolute Gasteiger partial charge is 0.494 e. The van der Waals surface area contributed by atoms with E-state index in [4.69, 9.17) is 9.47 Å². The molecule has 1 fully saturated rings. The number of nitrogens with zero attached hydrogens (tertiary/aromatic N) is 3. The Hall–Kier alpha value is -1.50. The van der Waals surface area contributed by atoms with E-state index in [1.807, 2.05) is 32.9 Å². The van der Waals surface area contributed by atoms with E-state index in [2.05, 4.69) is 32.7 Å². The summed E-state index contributed by atoms with van der Waals surface area (Å²) in [5, 5.41) is 0. The Morgan fingerprint density at radius 1 is 1.35 bits per heavy atom. The van der Waals surface area contributed by atoms with Crippen molar-refractivity contribution in [3.8, 4) is 5.75 Å². The van der Waals surface area contributed by atoms with E-state index in [0.29, 0.717) is 30.0 Å². The molecule has 0 saturated carbocycles. The van der Waals surface area contributed by atoms with Gasteiger partial charge in [-0.25, -0.2) is 9.78 Å². The van der Waals surface area contributed by atoms with Crippen molar-refractivity contribution in [2.45, 2.75) is 39.3 Å². The lowest BCUT2D eigenvalue weighted by molar-refractivity contribution is 0.0218. The van der Waals surface area contributed by atoms with Gasteiger partial charge in [-0.3, -0.25) is 0 Å². The smallest absolute Gasteiger partial charge is 0.410 e. The summed E-state index contributed by atoms with van der Waals surface area (Å²) in [7, 11) is 1.61. The number of hydrogen-bond acceptors (Lipinski definition) is 5. The maximum absolute atomic E-state index is 12.2. The Kier molecular flexibility index (Phi) is 5.39. The Morgan fingerprint density at radius 2 is 2.04 bits per heavy atom. The summed E-state index contributed by atoms with van der Waals surface area (Å²) < 4.78 is 11.3. The van der Waals surface area contributed by atoms with Crippen LogP contribution < -0.4 is 9.64 Å². The first-order chi connectivity index (χ1) is 10.7. The fourth-order valence-corrected chi connectivity index (χ4v) is 2.99. The Labute approximate surface area is 145 Å². The molecular weight excluding hydrogens is 362 g/mol. The van der Waals surface area contributed by atoms with Crippen molar-refractivity contribution in [2.75, 3.05) is 31.6 Å². The SMILES string of the molecule is COc1ccc(N2CCN(C(=O)OC(C)(C)C)CC2C)nc1Br. The number of ether oxygens (including phenoxy) is 2. The van der Waals surface area contributed by atoms with Crippen LogP contribution in [0.3, 0.4) is 0 Å². The van der Waals surface area contributed by atoms with Crippen molar-refractivity contribution in [1.29, 1.82) is 0 Å². The van der Waals surface area contributed by atoms with Crippen molar-refractivity contribution in [1.82, 2.24) is 9.88 Å². The number of carbonyl (C=O) groups is 1. The van der Waals surface area contributed by atoms with Crippen LogP contribution in [0.5, 0.6) is 5.75 Å². The average molecular weight is 386 g/mol. The third kappa shape index (κ3) is 4.50. The predicted molar refractivity (Wildman–Crippen MR) is 93.1 cm³/mol. The highest BCUT2D eigenvalue weighted by molar-refractivity contribution is 9.10. The molecule has 1 aliphatic heterocycles. The molecule has 1 unspecified atom stereocenters. The molecule has 0 radical (unpaired) electrons. The topological polar surface area (TPSA) is 54.9 Å². The quantitative estimate of drug-likeness (QED) is 0.730. The lowest BCUT2D eigenvalue weighted by Crippen LogP contribution is -2.54. The van der Waals surface area contributed by atoms with Crippen LogP contribution in [0.1, 0.15) is 27.7 Å². The molecule has 0 aromatic carbocycles. The van der Waals surface area contributed by atoms with Gasteiger partial charge in [-0.05, 0) is 55.8 Å². The monoisotopic (exact) mass is 385 g/mol. The summed E-state index contributed by atoms with van der Waals surface area (Å²) in [6.45, 7) is 9.66. The number of hydrogen-bond donors (Lipinski definition) is 0. The molecule has 1 aromatic rings. The van der Waals surface area contributed by atoms with Crippen LogP contribution in [0.25, 0.3) is 0 Å². The van der Waals surface area contributed by atoms with Crippen molar-refractivity contribution < 1.29 is 14.3 Å². The minimum absolute atomic E-state index is 0.157. The lowest BCUT2D eigenvalue weighted by atomic mass is 10.2. The third-order valence-corrected chi connectivity index (χ3v) is 4.16. The molecule has 1 saturated heterocycles. The van der Waals surface area contributed by atoms with Gasteiger partial charge in [-0.2, -0.15) is 0 Å². The second-order valence-corrected chi connectivity index (χ2v) is 7.38. The summed E-state index contributed by atoms with van der Waals surface area (Å²) in [6.07, 6.45) is -0.257. The summed E-state index contributed by atoms with van der Waals surface area (Å²) in [4.78, 5) is 20.7. The predicted octanol–water partition coefficient (Wildman–Crippen LogP) is 3.30. The van der Waals surface area contributed by atoms with Gasteiger partial charge < -0.3 is 19.3 Å². The maximum Gasteiger partial charge on any atom is 0.410 e.